The smallest absolute Gasteiger partial charge is 0.182 e. The Bertz CT molecular complexity index is 527. The average molecular weight is 360 g/mol. The van der Waals surface area contributed by atoms with Crippen LogP contribution in [0.5, 0.6) is 0 Å². The molecule has 0 spiro atoms. The predicted molar refractivity (Wildman–Crippen MR) is 85.7 cm³/mol. The van der Waals surface area contributed by atoms with Crippen molar-refractivity contribution in [2.24, 2.45) is 0 Å². The molecule has 2 unspecified atom stereocenters. The summed E-state index contributed by atoms with van der Waals surface area (Å²) in [4.78, 5) is 0.437. The van der Waals surface area contributed by atoms with E-state index in [1.54, 1.807) is 24.3 Å². The molecule has 0 saturated heterocycles. The zero-order chi connectivity index (χ0) is 14.6. The summed E-state index contributed by atoms with van der Waals surface area (Å²) in [6.45, 7) is 0. The molecule has 5 heteroatoms. The lowest BCUT2D eigenvalue weighted by Gasteiger charge is -2.29. The van der Waals surface area contributed by atoms with Gasteiger partial charge in [-0.1, -0.05) is 41.6 Å². The van der Waals surface area contributed by atoms with E-state index in [4.69, 9.17) is 0 Å². The Labute approximate surface area is 130 Å². The minimum absolute atomic E-state index is 0.0592. The largest absolute Gasteiger partial charge is 0.316 e. The third kappa shape index (κ3) is 3.62. The lowest BCUT2D eigenvalue weighted by atomic mass is 9.96. The summed E-state index contributed by atoms with van der Waals surface area (Å²) in [5.41, 5.74) is 0. The van der Waals surface area contributed by atoms with E-state index < -0.39 is 9.84 Å². The first-order valence-corrected chi connectivity index (χ1v) is 9.56. The van der Waals surface area contributed by atoms with Crippen molar-refractivity contribution in [1.29, 1.82) is 0 Å². The van der Waals surface area contributed by atoms with Gasteiger partial charge in [0.2, 0.25) is 0 Å². The molecule has 112 valence electrons. The van der Waals surface area contributed by atoms with E-state index in [9.17, 15) is 8.42 Å². The Kier molecular flexibility index (Phi) is 5.64. The molecule has 1 aliphatic carbocycles. The highest BCUT2D eigenvalue weighted by Gasteiger charge is 2.34. The number of halogens is 1. The summed E-state index contributed by atoms with van der Waals surface area (Å²) in [5.74, 6) is 0. The van der Waals surface area contributed by atoms with Crippen LogP contribution in [0.25, 0.3) is 0 Å². The van der Waals surface area contributed by atoms with Crippen LogP contribution >= 0.6 is 15.9 Å². The minimum Gasteiger partial charge on any atom is -0.316 e. The van der Waals surface area contributed by atoms with Crippen LogP contribution in [-0.4, -0.2) is 26.8 Å². The van der Waals surface area contributed by atoms with E-state index in [1.807, 2.05) is 7.05 Å². The molecule has 2 atom stereocenters. The molecule has 1 saturated carbocycles. The molecule has 1 aliphatic rings. The van der Waals surface area contributed by atoms with E-state index in [0.717, 1.165) is 36.6 Å². The SMILES string of the molecule is CNC1CCCCCCC1S(=O)(=O)c1ccc(Br)cc1. The fourth-order valence-corrected chi connectivity index (χ4v) is 5.26. The van der Waals surface area contributed by atoms with Crippen LogP contribution in [0.2, 0.25) is 0 Å². The van der Waals surface area contributed by atoms with Gasteiger partial charge in [0.05, 0.1) is 10.1 Å². The second kappa shape index (κ2) is 7.05. The Morgan fingerprint density at radius 3 is 2.25 bits per heavy atom. The van der Waals surface area contributed by atoms with Crippen molar-refractivity contribution >= 4 is 25.8 Å². The zero-order valence-corrected chi connectivity index (χ0v) is 14.2. The Morgan fingerprint density at radius 2 is 1.65 bits per heavy atom. The monoisotopic (exact) mass is 359 g/mol. The number of hydrogen-bond donors (Lipinski definition) is 1. The molecule has 2 rings (SSSR count). The molecule has 20 heavy (non-hydrogen) atoms. The van der Waals surface area contributed by atoms with Crippen LogP contribution in [0.15, 0.2) is 33.6 Å². The highest BCUT2D eigenvalue weighted by molar-refractivity contribution is 9.10. The number of hydrogen-bond acceptors (Lipinski definition) is 3. The van der Waals surface area contributed by atoms with Gasteiger partial charge in [0, 0.05) is 10.5 Å². The van der Waals surface area contributed by atoms with E-state index >= 15 is 0 Å². The third-order valence-electron chi connectivity index (χ3n) is 4.11. The Balaban J connectivity index is 2.30. The van der Waals surface area contributed by atoms with Crippen molar-refractivity contribution in [3.63, 3.8) is 0 Å². The average Bonchev–Trinajstić information content (AvgIpc) is 2.39. The van der Waals surface area contributed by atoms with E-state index in [0.29, 0.717) is 4.90 Å². The molecule has 1 aromatic carbocycles. The van der Waals surface area contributed by atoms with Gasteiger partial charge in [-0.2, -0.15) is 0 Å². The van der Waals surface area contributed by atoms with Crippen molar-refractivity contribution in [3.05, 3.63) is 28.7 Å². The Hall–Kier alpha value is -0.390. The van der Waals surface area contributed by atoms with E-state index in [-0.39, 0.29) is 11.3 Å². The van der Waals surface area contributed by atoms with Gasteiger partial charge >= 0.3 is 0 Å². The molecule has 0 amide bonds. The predicted octanol–water partition coefficient (Wildman–Crippen LogP) is 3.53. The molecular weight excluding hydrogens is 338 g/mol. The molecule has 3 nitrogen and oxygen atoms in total. The van der Waals surface area contributed by atoms with Crippen molar-refractivity contribution in [3.8, 4) is 0 Å². The number of rotatable bonds is 3. The summed E-state index contributed by atoms with van der Waals surface area (Å²) in [6, 6.07) is 7.05. The second-order valence-corrected chi connectivity index (χ2v) is 8.51. The first kappa shape index (κ1) is 16.0. The molecular formula is C15H22BrNO2S. The second-order valence-electron chi connectivity index (χ2n) is 5.42. The van der Waals surface area contributed by atoms with Gasteiger partial charge < -0.3 is 5.32 Å². The molecule has 1 N–H and O–H groups in total. The van der Waals surface area contributed by atoms with Crippen molar-refractivity contribution < 1.29 is 8.42 Å². The van der Waals surface area contributed by atoms with Crippen LogP contribution in [-0.2, 0) is 9.84 Å². The number of sulfone groups is 1. The maximum absolute atomic E-state index is 12.9. The summed E-state index contributed by atoms with van der Waals surface area (Å²) < 4.78 is 26.7. The lowest BCUT2D eigenvalue weighted by Crippen LogP contribution is -2.43. The fraction of sp³-hybridized carbons (Fsp3) is 0.600. The van der Waals surface area contributed by atoms with Gasteiger partial charge in [0.1, 0.15) is 0 Å². The molecule has 0 aromatic heterocycles. The Morgan fingerprint density at radius 1 is 1.05 bits per heavy atom. The molecule has 0 radical (unpaired) electrons. The fourth-order valence-electron chi connectivity index (χ4n) is 2.95. The maximum atomic E-state index is 12.9. The van der Waals surface area contributed by atoms with Gasteiger partial charge in [-0.05, 0) is 44.2 Å². The zero-order valence-electron chi connectivity index (χ0n) is 11.8. The molecule has 0 heterocycles. The third-order valence-corrected chi connectivity index (χ3v) is 6.93. The standard InChI is InChI=1S/C15H22BrNO2S/c1-17-14-6-4-2-3-5-7-15(14)20(18,19)13-10-8-12(16)9-11-13/h8-11,14-15,17H,2-7H2,1H3. The van der Waals surface area contributed by atoms with Crippen molar-refractivity contribution in [2.45, 2.75) is 54.7 Å². The van der Waals surface area contributed by atoms with Crippen LogP contribution < -0.4 is 5.32 Å². The summed E-state index contributed by atoms with van der Waals surface area (Å²) in [6.07, 6.45) is 6.16. The van der Waals surface area contributed by atoms with Crippen LogP contribution in [0.3, 0.4) is 0 Å². The van der Waals surface area contributed by atoms with Crippen LogP contribution in [0.1, 0.15) is 38.5 Å². The van der Waals surface area contributed by atoms with Crippen LogP contribution in [0.4, 0.5) is 0 Å². The van der Waals surface area contributed by atoms with Crippen molar-refractivity contribution in [1.82, 2.24) is 5.32 Å². The topological polar surface area (TPSA) is 46.2 Å². The van der Waals surface area contributed by atoms with Gasteiger partial charge in [-0.15, -0.1) is 0 Å². The molecule has 1 fully saturated rings. The number of nitrogens with one attached hydrogen (secondary N) is 1. The normalized spacial score (nSPS) is 24.9. The highest BCUT2D eigenvalue weighted by Crippen LogP contribution is 2.28. The molecule has 1 aromatic rings. The minimum atomic E-state index is -3.26. The van der Waals surface area contributed by atoms with Crippen molar-refractivity contribution in [2.75, 3.05) is 7.05 Å². The molecule has 0 bridgehead atoms. The molecule has 0 aliphatic heterocycles. The highest BCUT2D eigenvalue weighted by atomic mass is 79.9. The van der Waals surface area contributed by atoms with E-state index in [2.05, 4.69) is 21.2 Å². The maximum Gasteiger partial charge on any atom is 0.182 e. The first-order valence-electron chi connectivity index (χ1n) is 7.22. The van der Waals surface area contributed by atoms with Gasteiger partial charge in [-0.25, -0.2) is 8.42 Å². The summed E-state index contributed by atoms with van der Waals surface area (Å²) in [5, 5.41) is 2.91. The quantitative estimate of drug-likeness (QED) is 0.897. The van der Waals surface area contributed by atoms with Gasteiger partial charge in [-0.3, -0.25) is 0 Å². The lowest BCUT2D eigenvalue weighted by molar-refractivity contribution is 0.405. The van der Waals surface area contributed by atoms with Crippen LogP contribution in [0, 0.1) is 0 Å². The number of benzene rings is 1. The van der Waals surface area contributed by atoms with Gasteiger partial charge in [0.25, 0.3) is 0 Å². The van der Waals surface area contributed by atoms with E-state index in [1.165, 1.54) is 6.42 Å². The first-order chi connectivity index (χ1) is 9.55. The van der Waals surface area contributed by atoms with Gasteiger partial charge in [0.15, 0.2) is 9.84 Å². The summed E-state index contributed by atoms with van der Waals surface area (Å²) in [7, 11) is -1.39. The summed E-state index contributed by atoms with van der Waals surface area (Å²) >= 11 is 3.35.